The standard InChI is InChI=1S/C12H17N/c13-12(9-11-6-7-11)8-10-4-2-1-3-5-10/h1-5,11-12H,6-9,13H2. The van der Waals surface area contributed by atoms with E-state index >= 15 is 0 Å². The van der Waals surface area contributed by atoms with Crippen molar-refractivity contribution >= 4 is 0 Å². The smallest absolute Gasteiger partial charge is 0.00819 e. The second-order valence-electron chi connectivity index (χ2n) is 4.13. The SMILES string of the molecule is NC(Cc1ccccc1)CC1CC1. The highest BCUT2D eigenvalue weighted by Gasteiger charge is 2.23. The van der Waals surface area contributed by atoms with E-state index in [0.717, 1.165) is 12.3 Å². The van der Waals surface area contributed by atoms with Gasteiger partial charge in [0.2, 0.25) is 0 Å². The molecule has 1 atom stereocenters. The maximum atomic E-state index is 6.05. The van der Waals surface area contributed by atoms with Gasteiger partial charge in [0.1, 0.15) is 0 Å². The maximum Gasteiger partial charge on any atom is 0.00819 e. The summed E-state index contributed by atoms with van der Waals surface area (Å²) in [5, 5.41) is 0. The van der Waals surface area contributed by atoms with E-state index in [1.165, 1.54) is 24.8 Å². The Bertz CT molecular complexity index is 251. The van der Waals surface area contributed by atoms with E-state index in [-0.39, 0.29) is 0 Å². The Labute approximate surface area is 80.0 Å². The molecule has 1 saturated carbocycles. The average Bonchev–Trinajstić information content (AvgIpc) is 2.90. The second kappa shape index (κ2) is 3.93. The number of hydrogen-bond acceptors (Lipinski definition) is 1. The Hall–Kier alpha value is -0.820. The van der Waals surface area contributed by atoms with Crippen LogP contribution in [0.3, 0.4) is 0 Å². The summed E-state index contributed by atoms with van der Waals surface area (Å²) in [5.41, 5.74) is 7.42. The summed E-state index contributed by atoms with van der Waals surface area (Å²) in [4.78, 5) is 0. The summed E-state index contributed by atoms with van der Waals surface area (Å²) < 4.78 is 0. The van der Waals surface area contributed by atoms with Gasteiger partial charge in [-0.3, -0.25) is 0 Å². The van der Waals surface area contributed by atoms with Crippen LogP contribution in [-0.4, -0.2) is 6.04 Å². The highest BCUT2D eigenvalue weighted by molar-refractivity contribution is 5.15. The minimum absolute atomic E-state index is 0.370. The largest absolute Gasteiger partial charge is 0.327 e. The molecule has 1 aliphatic carbocycles. The van der Waals surface area contributed by atoms with Gasteiger partial charge in [-0.25, -0.2) is 0 Å². The summed E-state index contributed by atoms with van der Waals surface area (Å²) in [6, 6.07) is 10.9. The van der Waals surface area contributed by atoms with Gasteiger partial charge >= 0.3 is 0 Å². The van der Waals surface area contributed by atoms with Gasteiger partial charge in [0.05, 0.1) is 0 Å². The van der Waals surface area contributed by atoms with E-state index in [0.29, 0.717) is 6.04 Å². The summed E-state index contributed by atoms with van der Waals surface area (Å²) in [5.74, 6) is 0.943. The van der Waals surface area contributed by atoms with Crippen LogP contribution in [0.15, 0.2) is 30.3 Å². The van der Waals surface area contributed by atoms with E-state index in [9.17, 15) is 0 Å². The predicted molar refractivity (Wildman–Crippen MR) is 55.5 cm³/mol. The first-order valence-corrected chi connectivity index (χ1v) is 5.14. The number of nitrogens with two attached hydrogens (primary N) is 1. The van der Waals surface area contributed by atoms with Crippen molar-refractivity contribution in [1.82, 2.24) is 0 Å². The van der Waals surface area contributed by atoms with Crippen LogP contribution in [0.25, 0.3) is 0 Å². The number of benzene rings is 1. The molecule has 1 aromatic carbocycles. The highest BCUT2D eigenvalue weighted by Crippen LogP contribution is 2.33. The molecular weight excluding hydrogens is 158 g/mol. The zero-order chi connectivity index (χ0) is 9.10. The fourth-order valence-electron chi connectivity index (χ4n) is 1.78. The predicted octanol–water partition coefficient (Wildman–Crippen LogP) is 2.36. The van der Waals surface area contributed by atoms with Gasteiger partial charge in [0, 0.05) is 6.04 Å². The molecule has 2 rings (SSSR count). The molecule has 13 heavy (non-hydrogen) atoms. The zero-order valence-electron chi connectivity index (χ0n) is 7.95. The van der Waals surface area contributed by atoms with Crippen LogP contribution in [-0.2, 0) is 6.42 Å². The fraction of sp³-hybridized carbons (Fsp3) is 0.500. The van der Waals surface area contributed by atoms with Gasteiger partial charge in [-0.05, 0) is 24.3 Å². The third-order valence-electron chi connectivity index (χ3n) is 2.67. The quantitative estimate of drug-likeness (QED) is 0.747. The van der Waals surface area contributed by atoms with Gasteiger partial charge in [-0.15, -0.1) is 0 Å². The molecule has 0 amide bonds. The monoisotopic (exact) mass is 175 g/mol. The van der Waals surface area contributed by atoms with Gasteiger partial charge in [0.15, 0.2) is 0 Å². The van der Waals surface area contributed by atoms with Crippen molar-refractivity contribution < 1.29 is 0 Å². The molecule has 1 aromatic rings. The van der Waals surface area contributed by atoms with Gasteiger partial charge < -0.3 is 5.73 Å². The fourth-order valence-corrected chi connectivity index (χ4v) is 1.78. The molecule has 0 heterocycles. The highest BCUT2D eigenvalue weighted by atomic mass is 14.6. The minimum Gasteiger partial charge on any atom is -0.327 e. The molecule has 1 heteroatoms. The first kappa shape index (κ1) is 8.76. The molecule has 0 aliphatic heterocycles. The Kier molecular flexibility index (Phi) is 2.65. The molecular formula is C12H17N. The molecule has 1 fully saturated rings. The lowest BCUT2D eigenvalue weighted by atomic mass is 10.0. The van der Waals surface area contributed by atoms with E-state index < -0.39 is 0 Å². The van der Waals surface area contributed by atoms with Crippen LogP contribution >= 0.6 is 0 Å². The van der Waals surface area contributed by atoms with Gasteiger partial charge in [-0.1, -0.05) is 43.2 Å². The van der Waals surface area contributed by atoms with Crippen LogP contribution in [0.4, 0.5) is 0 Å². The van der Waals surface area contributed by atoms with Crippen molar-refractivity contribution in [3.05, 3.63) is 35.9 Å². The lowest BCUT2D eigenvalue weighted by Gasteiger charge is -2.10. The van der Waals surface area contributed by atoms with Crippen LogP contribution in [0.2, 0.25) is 0 Å². The Morgan fingerprint density at radius 1 is 1.23 bits per heavy atom. The molecule has 0 radical (unpaired) electrons. The molecule has 0 bridgehead atoms. The van der Waals surface area contributed by atoms with E-state index in [2.05, 4.69) is 30.3 Å². The molecule has 1 aliphatic rings. The molecule has 70 valence electrons. The van der Waals surface area contributed by atoms with Crippen LogP contribution in [0.5, 0.6) is 0 Å². The Morgan fingerprint density at radius 3 is 2.54 bits per heavy atom. The first-order valence-electron chi connectivity index (χ1n) is 5.14. The van der Waals surface area contributed by atoms with E-state index in [1.807, 2.05) is 0 Å². The maximum absolute atomic E-state index is 6.05. The summed E-state index contributed by atoms with van der Waals surface area (Å²) >= 11 is 0. The molecule has 0 spiro atoms. The van der Waals surface area contributed by atoms with Crippen molar-refractivity contribution in [2.45, 2.75) is 31.7 Å². The molecule has 0 aromatic heterocycles. The number of hydrogen-bond donors (Lipinski definition) is 1. The molecule has 1 unspecified atom stereocenters. The van der Waals surface area contributed by atoms with E-state index in [4.69, 9.17) is 5.73 Å². The van der Waals surface area contributed by atoms with Crippen LogP contribution in [0, 0.1) is 5.92 Å². The molecule has 1 nitrogen and oxygen atoms in total. The van der Waals surface area contributed by atoms with Crippen LogP contribution in [0.1, 0.15) is 24.8 Å². The summed E-state index contributed by atoms with van der Waals surface area (Å²) in [6.07, 6.45) is 5.07. The lowest BCUT2D eigenvalue weighted by molar-refractivity contribution is 0.566. The topological polar surface area (TPSA) is 26.0 Å². The van der Waals surface area contributed by atoms with Gasteiger partial charge in [-0.2, -0.15) is 0 Å². The van der Waals surface area contributed by atoms with Crippen molar-refractivity contribution in [2.75, 3.05) is 0 Å². The minimum atomic E-state index is 0.370. The third kappa shape index (κ3) is 2.85. The lowest BCUT2D eigenvalue weighted by Crippen LogP contribution is -2.23. The van der Waals surface area contributed by atoms with Crippen LogP contribution < -0.4 is 5.73 Å². The van der Waals surface area contributed by atoms with Crippen molar-refractivity contribution in [3.63, 3.8) is 0 Å². The number of rotatable bonds is 4. The molecule has 0 saturated heterocycles. The summed E-state index contributed by atoms with van der Waals surface area (Å²) in [6.45, 7) is 0. The Balaban J connectivity index is 1.82. The molecule has 2 N–H and O–H groups in total. The summed E-state index contributed by atoms with van der Waals surface area (Å²) in [7, 11) is 0. The second-order valence-corrected chi connectivity index (χ2v) is 4.13. The first-order chi connectivity index (χ1) is 6.34. The van der Waals surface area contributed by atoms with E-state index in [1.54, 1.807) is 0 Å². The van der Waals surface area contributed by atoms with Gasteiger partial charge in [0.25, 0.3) is 0 Å². The average molecular weight is 175 g/mol. The zero-order valence-corrected chi connectivity index (χ0v) is 7.95. The Morgan fingerprint density at radius 2 is 1.92 bits per heavy atom. The normalized spacial score (nSPS) is 18.5. The van der Waals surface area contributed by atoms with Crippen molar-refractivity contribution in [2.24, 2.45) is 11.7 Å². The third-order valence-corrected chi connectivity index (χ3v) is 2.67. The van der Waals surface area contributed by atoms with Crippen molar-refractivity contribution in [3.8, 4) is 0 Å². The van der Waals surface area contributed by atoms with Crippen molar-refractivity contribution in [1.29, 1.82) is 0 Å².